The number of primary sulfonamides is 1. The lowest BCUT2D eigenvalue weighted by atomic mass is 10.1. The van der Waals surface area contributed by atoms with Crippen LogP contribution in [0.15, 0.2) is 53.4 Å². The third-order valence-corrected chi connectivity index (χ3v) is 5.52. The van der Waals surface area contributed by atoms with Crippen molar-refractivity contribution >= 4 is 33.2 Å². The minimum absolute atomic E-state index is 0.0463. The van der Waals surface area contributed by atoms with Crippen molar-refractivity contribution in [2.24, 2.45) is 5.14 Å². The van der Waals surface area contributed by atoms with E-state index in [-0.39, 0.29) is 4.90 Å². The molecule has 2 N–H and O–H groups in total. The molecule has 3 rings (SSSR count). The molecule has 0 saturated carbocycles. The molecule has 0 fully saturated rings. The molecule has 2 aromatic carbocycles. The number of sulfonamides is 1. The fourth-order valence-electron chi connectivity index (χ4n) is 2.89. The Balaban J connectivity index is 2.29. The average Bonchev–Trinajstić information content (AvgIpc) is 2.95. The molecule has 0 atom stereocenters. The van der Waals surface area contributed by atoms with Gasteiger partial charge < -0.3 is 9.30 Å². The van der Waals surface area contributed by atoms with E-state index >= 15 is 0 Å². The second-order valence-electron chi connectivity index (χ2n) is 5.68. The molecular weight excluding hydrogens is 395 g/mol. The predicted octanol–water partition coefficient (Wildman–Crippen LogP) is 4.42. The Morgan fingerprint density at radius 1 is 1.04 bits per heavy atom. The molecule has 0 aliphatic heterocycles. The number of nitrogens with two attached hydrogens (primary N) is 1. The third kappa shape index (κ3) is 3.33. The second kappa shape index (κ2) is 6.96. The molecule has 0 aliphatic rings. The zero-order valence-corrected chi connectivity index (χ0v) is 16.4. The molecular formula is C18H16Cl2N2O3S. The molecule has 0 unspecified atom stereocenters. The van der Waals surface area contributed by atoms with Crippen molar-refractivity contribution in [2.75, 3.05) is 7.11 Å². The van der Waals surface area contributed by atoms with Crippen molar-refractivity contribution in [1.29, 1.82) is 0 Å². The van der Waals surface area contributed by atoms with Gasteiger partial charge >= 0.3 is 0 Å². The molecule has 1 aromatic heterocycles. The minimum Gasteiger partial charge on any atom is -0.494 e. The van der Waals surface area contributed by atoms with Crippen LogP contribution >= 0.6 is 23.2 Å². The van der Waals surface area contributed by atoms with Crippen LogP contribution in [0.3, 0.4) is 0 Å². The number of halogens is 2. The van der Waals surface area contributed by atoms with Gasteiger partial charge in [-0.05, 0) is 37.3 Å². The average molecular weight is 411 g/mol. The van der Waals surface area contributed by atoms with Gasteiger partial charge in [0.15, 0.2) is 5.75 Å². The Kier molecular flexibility index (Phi) is 5.03. The molecule has 0 aliphatic carbocycles. The molecule has 0 radical (unpaired) electrons. The number of hydrogen-bond donors (Lipinski definition) is 1. The highest BCUT2D eigenvalue weighted by molar-refractivity contribution is 7.89. The lowest BCUT2D eigenvalue weighted by Gasteiger charge is -2.16. The minimum atomic E-state index is -3.88. The van der Waals surface area contributed by atoms with E-state index in [2.05, 4.69) is 0 Å². The van der Waals surface area contributed by atoms with Gasteiger partial charge in [-0.3, -0.25) is 0 Å². The summed E-state index contributed by atoms with van der Waals surface area (Å²) < 4.78 is 31.0. The number of ether oxygens (including phenoxy) is 1. The first-order valence-electron chi connectivity index (χ1n) is 7.58. The molecule has 0 spiro atoms. The van der Waals surface area contributed by atoms with Gasteiger partial charge in [0, 0.05) is 16.9 Å². The fourth-order valence-corrected chi connectivity index (χ4v) is 4.27. The summed E-state index contributed by atoms with van der Waals surface area (Å²) in [6.45, 7) is 1.90. The van der Waals surface area contributed by atoms with E-state index < -0.39 is 10.0 Å². The Morgan fingerprint density at radius 3 is 2.23 bits per heavy atom. The monoisotopic (exact) mass is 410 g/mol. The van der Waals surface area contributed by atoms with Crippen molar-refractivity contribution < 1.29 is 13.2 Å². The van der Waals surface area contributed by atoms with Crippen LogP contribution < -0.4 is 9.88 Å². The van der Waals surface area contributed by atoms with Gasteiger partial charge in [0.2, 0.25) is 10.0 Å². The smallest absolute Gasteiger partial charge is 0.238 e. The normalized spacial score (nSPS) is 11.6. The van der Waals surface area contributed by atoms with Crippen LogP contribution in [0.1, 0.15) is 5.69 Å². The first kappa shape index (κ1) is 18.8. The van der Waals surface area contributed by atoms with Crippen LogP contribution in [0.25, 0.3) is 16.9 Å². The van der Waals surface area contributed by atoms with E-state index in [1.807, 2.05) is 23.6 Å². The molecule has 1 heterocycles. The van der Waals surface area contributed by atoms with Crippen molar-refractivity contribution in [3.63, 3.8) is 0 Å². The van der Waals surface area contributed by atoms with E-state index in [9.17, 15) is 8.42 Å². The van der Waals surface area contributed by atoms with Crippen molar-refractivity contribution in [2.45, 2.75) is 11.8 Å². The molecule has 0 amide bonds. The SMILES string of the molecule is COc1c(Cl)cc(-n2c(C)ccc2-c2ccccc2S(N)(=O)=O)cc1Cl. The van der Waals surface area contributed by atoms with Gasteiger partial charge in [0.1, 0.15) is 0 Å². The van der Waals surface area contributed by atoms with Gasteiger partial charge in [-0.25, -0.2) is 13.6 Å². The Hall–Kier alpha value is -1.99. The molecule has 136 valence electrons. The van der Waals surface area contributed by atoms with Gasteiger partial charge in [0.25, 0.3) is 0 Å². The summed E-state index contributed by atoms with van der Waals surface area (Å²) in [6.07, 6.45) is 0. The Bertz CT molecular complexity index is 1070. The number of aryl methyl sites for hydroxylation is 1. The summed E-state index contributed by atoms with van der Waals surface area (Å²) in [6, 6.07) is 13.7. The largest absolute Gasteiger partial charge is 0.494 e. The molecule has 5 nitrogen and oxygen atoms in total. The first-order chi connectivity index (χ1) is 12.2. The maximum atomic E-state index is 12.0. The summed E-state index contributed by atoms with van der Waals surface area (Å²) in [5, 5.41) is 6.09. The van der Waals surface area contributed by atoms with Crippen LogP contribution in [0.4, 0.5) is 0 Å². The number of methoxy groups -OCH3 is 1. The number of benzene rings is 2. The topological polar surface area (TPSA) is 74.3 Å². The van der Waals surface area contributed by atoms with Crippen molar-refractivity contribution in [3.8, 4) is 22.7 Å². The highest BCUT2D eigenvalue weighted by Crippen LogP contribution is 2.38. The number of hydrogen-bond acceptors (Lipinski definition) is 3. The van der Waals surface area contributed by atoms with Crippen LogP contribution in [0.2, 0.25) is 10.0 Å². The van der Waals surface area contributed by atoms with Crippen LogP contribution in [-0.4, -0.2) is 20.1 Å². The molecule has 26 heavy (non-hydrogen) atoms. The summed E-state index contributed by atoms with van der Waals surface area (Å²) >= 11 is 12.5. The predicted molar refractivity (Wildman–Crippen MR) is 104 cm³/mol. The fraction of sp³-hybridized carbons (Fsp3) is 0.111. The number of nitrogens with zero attached hydrogens (tertiary/aromatic N) is 1. The molecule has 0 bridgehead atoms. The van der Waals surface area contributed by atoms with E-state index in [1.165, 1.54) is 13.2 Å². The zero-order valence-electron chi connectivity index (χ0n) is 14.0. The highest BCUT2D eigenvalue weighted by Gasteiger charge is 2.19. The standard InChI is InChI=1S/C18H16Cl2N2O3S/c1-11-7-8-16(13-5-3-4-6-17(13)26(21,23)24)22(11)12-9-14(19)18(25-2)15(20)10-12/h3-10H,1-2H3,(H2,21,23,24). The summed E-state index contributed by atoms with van der Waals surface area (Å²) in [5.74, 6) is 0.383. The molecule has 0 saturated heterocycles. The van der Waals surface area contributed by atoms with Gasteiger partial charge in [-0.2, -0.15) is 0 Å². The highest BCUT2D eigenvalue weighted by atomic mass is 35.5. The number of rotatable bonds is 4. The zero-order chi connectivity index (χ0) is 19.1. The molecule has 3 aromatic rings. The lowest BCUT2D eigenvalue weighted by Crippen LogP contribution is -2.14. The maximum absolute atomic E-state index is 12.0. The first-order valence-corrected chi connectivity index (χ1v) is 9.88. The van der Waals surface area contributed by atoms with E-state index in [0.717, 1.165) is 5.69 Å². The van der Waals surface area contributed by atoms with E-state index in [1.54, 1.807) is 30.3 Å². The Morgan fingerprint density at radius 2 is 1.65 bits per heavy atom. The summed E-state index contributed by atoms with van der Waals surface area (Å²) in [4.78, 5) is 0.0463. The number of aromatic nitrogens is 1. The van der Waals surface area contributed by atoms with Gasteiger partial charge in [-0.15, -0.1) is 0 Å². The van der Waals surface area contributed by atoms with Crippen LogP contribution in [0, 0.1) is 6.92 Å². The second-order valence-corrected chi connectivity index (χ2v) is 8.02. The van der Waals surface area contributed by atoms with Crippen LogP contribution in [-0.2, 0) is 10.0 Å². The summed E-state index contributed by atoms with van der Waals surface area (Å²) in [7, 11) is -2.40. The van der Waals surface area contributed by atoms with Gasteiger partial charge in [-0.1, -0.05) is 41.4 Å². The lowest BCUT2D eigenvalue weighted by molar-refractivity contribution is 0.415. The van der Waals surface area contributed by atoms with Crippen LogP contribution in [0.5, 0.6) is 5.75 Å². The third-order valence-electron chi connectivity index (χ3n) is 3.99. The maximum Gasteiger partial charge on any atom is 0.238 e. The van der Waals surface area contributed by atoms with E-state index in [4.69, 9.17) is 33.1 Å². The van der Waals surface area contributed by atoms with Crippen molar-refractivity contribution in [3.05, 3.63) is 64.3 Å². The molecule has 8 heteroatoms. The van der Waals surface area contributed by atoms with Crippen molar-refractivity contribution in [1.82, 2.24) is 4.57 Å². The summed E-state index contributed by atoms with van der Waals surface area (Å²) in [5.41, 5.74) is 2.71. The quantitative estimate of drug-likeness (QED) is 0.691. The van der Waals surface area contributed by atoms with E-state index in [0.29, 0.717) is 32.7 Å². The van der Waals surface area contributed by atoms with Gasteiger partial charge in [0.05, 0.1) is 27.7 Å². The Labute approximate surface area is 162 Å².